The average Bonchev–Trinajstić information content (AvgIpc) is 3.16. The highest BCUT2D eigenvalue weighted by atomic mass is 32.1. The van der Waals surface area contributed by atoms with Gasteiger partial charge in [0.1, 0.15) is 5.82 Å². The van der Waals surface area contributed by atoms with Crippen molar-refractivity contribution in [2.45, 2.75) is 6.18 Å². The van der Waals surface area contributed by atoms with Crippen molar-refractivity contribution in [3.63, 3.8) is 0 Å². The van der Waals surface area contributed by atoms with Crippen molar-refractivity contribution >= 4 is 38.8 Å². The smallest absolute Gasteiger partial charge is 0.267 e. The molecular formula is C22H13F4N3OS. The van der Waals surface area contributed by atoms with Crippen LogP contribution in [-0.4, -0.2) is 17.1 Å². The van der Waals surface area contributed by atoms with Crippen molar-refractivity contribution in [1.82, 2.24) is 4.98 Å². The Morgan fingerprint density at radius 1 is 1.00 bits per heavy atom. The summed E-state index contributed by atoms with van der Waals surface area (Å²) in [6.07, 6.45) is -3.19. The molecule has 4 rings (SSSR count). The van der Waals surface area contributed by atoms with Crippen LogP contribution in [0.15, 0.2) is 77.9 Å². The minimum atomic E-state index is -4.60. The van der Waals surface area contributed by atoms with Crippen molar-refractivity contribution in [1.29, 1.82) is 0 Å². The van der Waals surface area contributed by atoms with E-state index in [-0.39, 0.29) is 10.7 Å². The quantitative estimate of drug-likeness (QED) is 0.216. The number of carbonyl (C=O) groups is 1. The van der Waals surface area contributed by atoms with Crippen molar-refractivity contribution in [2.24, 2.45) is 5.10 Å². The SMILES string of the molecule is O=C(c1cccc(C(F)(F)F)c1)N(/N=C/c1ccccc1)c1nc2ccc(F)cc2s1. The van der Waals surface area contributed by atoms with E-state index in [1.165, 1.54) is 30.5 Å². The minimum absolute atomic E-state index is 0.107. The number of nitrogens with zero attached hydrogens (tertiary/aromatic N) is 3. The van der Waals surface area contributed by atoms with E-state index in [0.717, 1.165) is 34.5 Å². The van der Waals surface area contributed by atoms with E-state index in [4.69, 9.17) is 0 Å². The van der Waals surface area contributed by atoms with Gasteiger partial charge in [0.15, 0.2) is 0 Å². The zero-order valence-electron chi connectivity index (χ0n) is 15.7. The predicted molar refractivity (Wildman–Crippen MR) is 112 cm³/mol. The van der Waals surface area contributed by atoms with Gasteiger partial charge in [-0.3, -0.25) is 4.79 Å². The third kappa shape index (κ3) is 4.61. The third-order valence-corrected chi connectivity index (χ3v) is 5.27. The van der Waals surface area contributed by atoms with Gasteiger partial charge in [0.05, 0.1) is 22.0 Å². The molecular weight excluding hydrogens is 430 g/mol. The van der Waals surface area contributed by atoms with Crippen LogP contribution in [0.1, 0.15) is 21.5 Å². The number of aromatic nitrogens is 1. The summed E-state index contributed by atoms with van der Waals surface area (Å²) in [5.74, 6) is -1.26. The third-order valence-electron chi connectivity index (χ3n) is 4.27. The zero-order chi connectivity index (χ0) is 22.0. The second kappa shape index (κ2) is 8.27. The summed E-state index contributed by atoms with van der Waals surface area (Å²) in [7, 11) is 0. The number of carbonyl (C=O) groups excluding carboxylic acids is 1. The fraction of sp³-hybridized carbons (Fsp3) is 0.0455. The van der Waals surface area contributed by atoms with E-state index in [9.17, 15) is 22.4 Å². The molecule has 0 fully saturated rings. The summed E-state index contributed by atoms with van der Waals surface area (Å²) in [6.45, 7) is 0. The Labute approximate surface area is 178 Å². The Morgan fingerprint density at radius 2 is 1.77 bits per heavy atom. The number of anilines is 1. The Bertz CT molecular complexity index is 1270. The van der Waals surface area contributed by atoms with Gasteiger partial charge in [-0.15, -0.1) is 0 Å². The van der Waals surface area contributed by atoms with Crippen molar-refractivity contribution in [2.75, 3.05) is 5.01 Å². The van der Waals surface area contributed by atoms with E-state index < -0.39 is 23.5 Å². The maximum Gasteiger partial charge on any atom is 0.416 e. The molecule has 0 saturated carbocycles. The number of rotatable bonds is 4. The molecule has 4 nitrogen and oxygen atoms in total. The number of benzene rings is 3. The Kier molecular flexibility index (Phi) is 5.51. The normalized spacial score (nSPS) is 11.9. The molecule has 0 saturated heterocycles. The number of hydrazone groups is 1. The molecule has 1 heterocycles. The molecule has 0 unspecified atom stereocenters. The number of halogens is 4. The van der Waals surface area contributed by atoms with Crippen molar-refractivity contribution < 1.29 is 22.4 Å². The lowest BCUT2D eigenvalue weighted by molar-refractivity contribution is -0.137. The first kappa shape index (κ1) is 20.7. The summed E-state index contributed by atoms with van der Waals surface area (Å²) in [5, 5.41) is 5.21. The van der Waals surface area contributed by atoms with E-state index in [1.54, 1.807) is 24.3 Å². The van der Waals surface area contributed by atoms with Crippen LogP contribution in [0.3, 0.4) is 0 Å². The molecule has 4 aromatic rings. The molecule has 0 aliphatic carbocycles. The Balaban J connectivity index is 1.78. The minimum Gasteiger partial charge on any atom is -0.267 e. The molecule has 0 atom stereocenters. The van der Waals surface area contributed by atoms with Gasteiger partial charge >= 0.3 is 6.18 Å². The van der Waals surface area contributed by atoms with E-state index in [1.807, 2.05) is 6.07 Å². The molecule has 31 heavy (non-hydrogen) atoms. The number of hydrogen-bond acceptors (Lipinski definition) is 4. The number of hydrogen-bond donors (Lipinski definition) is 0. The van der Waals surface area contributed by atoms with Gasteiger partial charge in [0.2, 0.25) is 5.13 Å². The summed E-state index contributed by atoms with van der Waals surface area (Å²) in [6, 6.07) is 16.9. The largest absolute Gasteiger partial charge is 0.416 e. The number of alkyl halides is 3. The monoisotopic (exact) mass is 443 g/mol. The first-order chi connectivity index (χ1) is 14.8. The van der Waals surface area contributed by atoms with E-state index in [0.29, 0.717) is 15.8 Å². The second-order valence-electron chi connectivity index (χ2n) is 6.46. The van der Waals surface area contributed by atoms with Gasteiger partial charge in [0, 0.05) is 5.56 Å². The lowest BCUT2D eigenvalue weighted by Crippen LogP contribution is -2.26. The van der Waals surface area contributed by atoms with Crippen LogP contribution >= 0.6 is 11.3 Å². The summed E-state index contributed by atoms with van der Waals surface area (Å²) in [4.78, 5) is 17.4. The van der Waals surface area contributed by atoms with Crippen LogP contribution in [-0.2, 0) is 6.18 Å². The van der Waals surface area contributed by atoms with E-state index >= 15 is 0 Å². The highest BCUT2D eigenvalue weighted by Crippen LogP contribution is 2.32. The molecule has 1 aromatic heterocycles. The second-order valence-corrected chi connectivity index (χ2v) is 7.47. The molecule has 1 amide bonds. The number of amides is 1. The highest BCUT2D eigenvalue weighted by molar-refractivity contribution is 7.22. The van der Waals surface area contributed by atoms with Gasteiger partial charge in [-0.1, -0.05) is 47.7 Å². The van der Waals surface area contributed by atoms with Crippen LogP contribution in [0.25, 0.3) is 10.2 Å². The number of thiazole rings is 1. The van der Waals surface area contributed by atoms with Crippen molar-refractivity contribution in [3.05, 3.63) is 95.3 Å². The molecule has 0 radical (unpaired) electrons. The lowest BCUT2D eigenvalue weighted by Gasteiger charge is -2.15. The molecule has 0 N–H and O–H groups in total. The summed E-state index contributed by atoms with van der Waals surface area (Å²) in [5.41, 5.74) is -0.0307. The van der Waals surface area contributed by atoms with Gasteiger partial charge in [0.25, 0.3) is 5.91 Å². The molecule has 0 spiro atoms. The molecule has 3 aromatic carbocycles. The number of fused-ring (bicyclic) bond motifs is 1. The van der Waals surface area contributed by atoms with Crippen LogP contribution in [0.4, 0.5) is 22.7 Å². The van der Waals surface area contributed by atoms with Crippen LogP contribution in [0, 0.1) is 5.82 Å². The van der Waals surface area contributed by atoms with Crippen molar-refractivity contribution in [3.8, 4) is 0 Å². The van der Waals surface area contributed by atoms with Crippen LogP contribution in [0.5, 0.6) is 0 Å². The van der Waals surface area contributed by atoms with Gasteiger partial charge in [-0.2, -0.15) is 23.3 Å². The Hall–Kier alpha value is -3.59. The Morgan fingerprint density at radius 3 is 2.52 bits per heavy atom. The molecule has 156 valence electrons. The lowest BCUT2D eigenvalue weighted by atomic mass is 10.1. The topological polar surface area (TPSA) is 45.6 Å². The van der Waals surface area contributed by atoms with Gasteiger partial charge in [-0.05, 0) is 42.0 Å². The molecule has 0 bridgehead atoms. The standard InChI is InChI=1S/C22H13F4N3OS/c23-17-9-10-18-19(12-17)31-21(28-18)29(27-13-14-5-2-1-3-6-14)20(30)15-7-4-8-16(11-15)22(24,25)26/h1-13H/b27-13+. The fourth-order valence-corrected chi connectivity index (χ4v) is 3.73. The maximum absolute atomic E-state index is 13.6. The molecule has 9 heteroatoms. The summed E-state index contributed by atoms with van der Waals surface area (Å²) >= 11 is 1.01. The first-order valence-corrected chi connectivity index (χ1v) is 9.80. The molecule has 0 aliphatic rings. The average molecular weight is 443 g/mol. The fourth-order valence-electron chi connectivity index (χ4n) is 2.78. The first-order valence-electron chi connectivity index (χ1n) is 8.98. The maximum atomic E-state index is 13.6. The summed E-state index contributed by atoms with van der Waals surface area (Å²) < 4.78 is 53.3. The van der Waals surface area contributed by atoms with Gasteiger partial charge < -0.3 is 0 Å². The molecule has 0 aliphatic heterocycles. The van der Waals surface area contributed by atoms with Crippen LogP contribution in [0.2, 0.25) is 0 Å². The predicted octanol–water partition coefficient (Wildman–Crippen LogP) is 6.14. The zero-order valence-corrected chi connectivity index (χ0v) is 16.5. The van der Waals surface area contributed by atoms with Gasteiger partial charge in [-0.25, -0.2) is 9.37 Å². The van der Waals surface area contributed by atoms with Crippen LogP contribution < -0.4 is 5.01 Å². The van der Waals surface area contributed by atoms with E-state index in [2.05, 4.69) is 10.1 Å². The highest BCUT2D eigenvalue weighted by Gasteiger charge is 2.32.